The van der Waals surface area contributed by atoms with Gasteiger partial charge < -0.3 is 10.1 Å². The number of fused-ring (bicyclic) bond motifs is 1. The van der Waals surface area contributed by atoms with Gasteiger partial charge in [0.15, 0.2) is 11.5 Å². The topological polar surface area (TPSA) is 52.0 Å². The summed E-state index contributed by atoms with van der Waals surface area (Å²) in [5.41, 5.74) is 3.63. The number of benzene rings is 1. The number of rotatable bonds is 6. The smallest absolute Gasteiger partial charge is 0.295 e. The fourth-order valence-electron chi connectivity index (χ4n) is 3.81. The van der Waals surface area contributed by atoms with Crippen molar-refractivity contribution in [3.05, 3.63) is 40.8 Å². The molecule has 1 aliphatic heterocycles. The molecule has 1 saturated heterocycles. The fraction of sp³-hybridized carbons (Fsp3) is 0.455. The number of halogens is 4. The van der Waals surface area contributed by atoms with Gasteiger partial charge in [0.2, 0.25) is 0 Å². The minimum atomic E-state index is -2.68. The molecular weight excluding hydrogens is 599 g/mol. The second-order valence-corrected chi connectivity index (χ2v) is 12.3. The van der Waals surface area contributed by atoms with Gasteiger partial charge in [-0.25, -0.2) is 18.7 Å². The van der Waals surface area contributed by atoms with Gasteiger partial charge in [0.05, 0.1) is 12.1 Å². The van der Waals surface area contributed by atoms with Crippen molar-refractivity contribution in [3.63, 3.8) is 0 Å². The summed E-state index contributed by atoms with van der Waals surface area (Å²) in [5, 5.41) is 4.88. The lowest BCUT2D eigenvalue weighted by atomic mass is 9.91. The maximum absolute atomic E-state index is 13.5. The van der Waals surface area contributed by atoms with Crippen molar-refractivity contribution in [2.45, 2.75) is 39.0 Å². The molecule has 1 unspecified atom stereocenters. The average Bonchev–Trinajstić information content (AvgIpc) is 3.20. The first kappa shape index (κ1) is 26.9. The first-order valence-corrected chi connectivity index (χ1v) is 17.5. The molecule has 1 aliphatic rings. The molecule has 0 saturated carbocycles. The zero-order valence-corrected chi connectivity index (χ0v) is 23.8. The third-order valence-electron chi connectivity index (χ3n) is 5.36. The van der Waals surface area contributed by atoms with E-state index >= 15 is 0 Å². The van der Waals surface area contributed by atoms with Crippen LogP contribution >= 0.6 is 47.9 Å². The number of anilines is 2. The zero-order chi connectivity index (χ0) is 24.1. The third-order valence-corrected chi connectivity index (χ3v) is 8.94. The Morgan fingerprint density at radius 1 is 1.18 bits per heavy atom. The van der Waals surface area contributed by atoms with Gasteiger partial charge in [0, 0.05) is 25.0 Å². The molecular formula is C22H28ClF2IN4OP2. The van der Waals surface area contributed by atoms with E-state index in [0.29, 0.717) is 22.8 Å². The Morgan fingerprint density at radius 3 is 2.48 bits per heavy atom. The van der Waals surface area contributed by atoms with Gasteiger partial charge in [0.25, 0.3) is 6.43 Å². The molecule has 3 heterocycles. The van der Waals surface area contributed by atoms with E-state index in [1.54, 1.807) is 6.07 Å². The summed E-state index contributed by atoms with van der Waals surface area (Å²) in [4.78, 5) is 8.48. The third kappa shape index (κ3) is 6.13. The van der Waals surface area contributed by atoms with Crippen molar-refractivity contribution in [2.24, 2.45) is 0 Å². The van der Waals surface area contributed by atoms with E-state index in [4.69, 9.17) is 16.3 Å². The molecule has 0 bridgehead atoms. The Morgan fingerprint density at radius 2 is 1.88 bits per heavy atom. The lowest BCUT2D eigenvalue weighted by molar-refractivity contribution is 0.0853. The summed E-state index contributed by atoms with van der Waals surface area (Å²) in [5.74, 6) is 0.219. The van der Waals surface area contributed by atoms with Gasteiger partial charge in [0.1, 0.15) is 10.7 Å². The zero-order valence-electron chi connectivity index (χ0n) is 19.0. The summed E-state index contributed by atoms with van der Waals surface area (Å²) in [6.45, 7) is 10.0. The molecule has 1 N–H and O–H groups in total. The van der Waals surface area contributed by atoms with E-state index in [2.05, 4.69) is 68.9 Å². The molecule has 4 rings (SSSR count). The quantitative estimate of drug-likeness (QED) is 0.172. The molecule has 3 aromatic rings. The fourth-order valence-corrected chi connectivity index (χ4v) is 6.92. The van der Waals surface area contributed by atoms with E-state index in [1.807, 2.05) is 13.8 Å². The second-order valence-electron chi connectivity index (χ2n) is 7.54. The summed E-state index contributed by atoms with van der Waals surface area (Å²) in [6, 6.07) is 8.15. The van der Waals surface area contributed by atoms with Gasteiger partial charge in [-0.15, -0.1) is 0 Å². The maximum Gasteiger partial charge on any atom is 0.295 e. The molecule has 0 amide bonds. The predicted molar refractivity (Wildman–Crippen MR) is 147 cm³/mol. The Balaban J connectivity index is 0.00000149. The molecule has 11 heteroatoms. The number of alkyl halides is 2. The molecule has 180 valence electrons. The average molecular weight is 627 g/mol. The van der Waals surface area contributed by atoms with Crippen LogP contribution in [0.2, 0.25) is 5.15 Å². The maximum atomic E-state index is 13.5. The van der Waals surface area contributed by atoms with Crippen LogP contribution in [0.1, 0.15) is 50.4 Å². The Hall–Kier alpha value is -0.660. The molecule has 0 aliphatic carbocycles. The SMILES string of the molecule is CC.CP(C)c1cc(C2CCOCC2)ccc1Nc1cc(Cl)nc2c1nc(C(F)F)n2PI. The van der Waals surface area contributed by atoms with Crippen LogP contribution in [-0.4, -0.2) is 40.8 Å². The van der Waals surface area contributed by atoms with E-state index in [0.717, 1.165) is 31.7 Å². The van der Waals surface area contributed by atoms with Crippen molar-refractivity contribution in [2.75, 3.05) is 31.9 Å². The number of nitrogens with zero attached hydrogens (tertiary/aromatic N) is 3. The monoisotopic (exact) mass is 626 g/mol. The van der Waals surface area contributed by atoms with Gasteiger partial charge in [-0.05, 0) is 77.1 Å². The number of aromatic nitrogens is 3. The molecule has 5 nitrogen and oxygen atoms in total. The first-order chi connectivity index (χ1) is 15.9. The van der Waals surface area contributed by atoms with Crippen LogP contribution in [0.15, 0.2) is 24.3 Å². The number of hydrogen-bond donors (Lipinski definition) is 1. The van der Waals surface area contributed by atoms with Crippen LogP contribution in [0.25, 0.3) is 11.2 Å². The molecule has 1 aromatic carbocycles. The standard InChI is InChI=1S/C20H22ClF2IN4OP2.C2H6/c1-31(2)15-9-12(11-5-7-29-8-6-11)3-4-13(15)25-14-10-16(21)26-19-17(14)27-20(18(22)23)28(19)30-24;1-2/h3-4,9-11,18,30H,5-8H2,1-2H3,(H,25,26);1-2H3. The summed E-state index contributed by atoms with van der Waals surface area (Å²) < 4.78 is 34.0. The highest BCUT2D eigenvalue weighted by Crippen LogP contribution is 2.39. The van der Waals surface area contributed by atoms with Crippen LogP contribution in [0.4, 0.5) is 20.2 Å². The van der Waals surface area contributed by atoms with Crippen LogP contribution in [-0.2, 0) is 4.74 Å². The van der Waals surface area contributed by atoms with E-state index in [-0.39, 0.29) is 17.4 Å². The Bertz CT molecular complexity index is 1090. The number of nitrogens with one attached hydrogen (secondary N) is 1. The number of pyridine rings is 1. The molecule has 33 heavy (non-hydrogen) atoms. The van der Waals surface area contributed by atoms with Crippen molar-refractivity contribution < 1.29 is 13.5 Å². The predicted octanol–water partition coefficient (Wildman–Crippen LogP) is 7.84. The molecule has 0 spiro atoms. The molecule has 0 radical (unpaired) electrons. The molecule has 2 aromatic heterocycles. The van der Waals surface area contributed by atoms with Gasteiger partial charge in [-0.1, -0.05) is 39.4 Å². The largest absolute Gasteiger partial charge is 0.381 e. The van der Waals surface area contributed by atoms with E-state index < -0.39 is 14.3 Å². The number of hydrogen-bond acceptors (Lipinski definition) is 4. The summed E-state index contributed by atoms with van der Waals surface area (Å²) in [6.07, 6.45) is -0.579. The summed E-state index contributed by atoms with van der Waals surface area (Å²) in [7, 11) is -0.403. The van der Waals surface area contributed by atoms with E-state index in [9.17, 15) is 8.78 Å². The molecule has 1 fully saturated rings. The van der Waals surface area contributed by atoms with Crippen LogP contribution in [0, 0.1) is 0 Å². The second kappa shape index (κ2) is 12.3. The van der Waals surface area contributed by atoms with Crippen LogP contribution in [0.5, 0.6) is 0 Å². The Kier molecular flexibility index (Phi) is 10.1. The van der Waals surface area contributed by atoms with Gasteiger partial charge in [-0.3, -0.25) is 4.34 Å². The number of imidazole rings is 1. The lowest BCUT2D eigenvalue weighted by Crippen LogP contribution is -2.16. The first-order valence-electron chi connectivity index (χ1n) is 10.8. The van der Waals surface area contributed by atoms with Crippen molar-refractivity contribution in [1.82, 2.24) is 14.3 Å². The number of ether oxygens (including phenoxy) is 1. The highest BCUT2D eigenvalue weighted by molar-refractivity contribution is 14.2. The van der Waals surface area contributed by atoms with Crippen molar-refractivity contribution in [3.8, 4) is 0 Å². The van der Waals surface area contributed by atoms with Crippen LogP contribution in [0.3, 0.4) is 0 Å². The summed E-state index contributed by atoms with van der Waals surface area (Å²) >= 11 is 8.30. The minimum Gasteiger partial charge on any atom is -0.381 e. The minimum absolute atomic E-state index is 0.0428. The van der Waals surface area contributed by atoms with Gasteiger partial charge in [-0.2, -0.15) is 0 Å². The highest BCUT2D eigenvalue weighted by Gasteiger charge is 2.23. The normalized spacial score (nSPS) is 15.0. The van der Waals surface area contributed by atoms with Crippen molar-refractivity contribution in [1.29, 1.82) is 0 Å². The van der Waals surface area contributed by atoms with Crippen molar-refractivity contribution >= 4 is 75.8 Å². The molecule has 1 atom stereocenters. The Labute approximate surface area is 214 Å². The van der Waals surface area contributed by atoms with Crippen LogP contribution < -0.4 is 10.6 Å². The van der Waals surface area contributed by atoms with E-state index in [1.165, 1.54) is 15.2 Å². The van der Waals surface area contributed by atoms with Gasteiger partial charge >= 0.3 is 0 Å². The highest BCUT2D eigenvalue weighted by atomic mass is 127. The lowest BCUT2D eigenvalue weighted by Gasteiger charge is -2.24.